The molecule has 0 aliphatic heterocycles. The van der Waals surface area contributed by atoms with Crippen LogP contribution in [0, 0.1) is 0 Å². The summed E-state index contributed by atoms with van der Waals surface area (Å²) in [7, 11) is 0. The maximum atomic E-state index is 11.2. The van der Waals surface area contributed by atoms with Crippen LogP contribution in [0.5, 0.6) is 0 Å². The highest BCUT2D eigenvalue weighted by Crippen LogP contribution is 2.22. The highest BCUT2D eigenvalue weighted by molar-refractivity contribution is 7.08. The predicted molar refractivity (Wildman–Crippen MR) is 59.8 cm³/mol. The molecule has 0 radical (unpaired) electrons. The lowest BCUT2D eigenvalue weighted by Gasteiger charge is -1.99. The van der Waals surface area contributed by atoms with Crippen molar-refractivity contribution in [3.05, 3.63) is 46.7 Å². The molecule has 2 aromatic rings. The van der Waals surface area contributed by atoms with Crippen molar-refractivity contribution in [3.8, 4) is 11.1 Å². The molecule has 0 aliphatic carbocycles. The van der Waals surface area contributed by atoms with Crippen molar-refractivity contribution < 1.29 is 4.79 Å². The Morgan fingerprint density at radius 1 is 1.21 bits per heavy atom. The van der Waals surface area contributed by atoms with Crippen LogP contribution in [0.3, 0.4) is 0 Å². The van der Waals surface area contributed by atoms with Gasteiger partial charge in [-0.25, -0.2) is 0 Å². The summed E-state index contributed by atoms with van der Waals surface area (Å²) in [4.78, 5) is 11.2. The van der Waals surface area contributed by atoms with Crippen LogP contribution in [0.15, 0.2) is 41.1 Å². The standard InChI is InChI=1S/C12H10OS/c1-9(13)10-3-2-4-11(7-10)12-5-6-14-8-12/h2-8H,1H3. The van der Waals surface area contributed by atoms with Crippen molar-refractivity contribution in [2.24, 2.45) is 0 Å². The molecule has 2 heteroatoms. The number of hydrogen-bond acceptors (Lipinski definition) is 2. The van der Waals surface area contributed by atoms with Gasteiger partial charge in [-0.2, -0.15) is 11.3 Å². The van der Waals surface area contributed by atoms with Crippen LogP contribution >= 0.6 is 11.3 Å². The Bertz CT molecular complexity index is 443. The van der Waals surface area contributed by atoms with Gasteiger partial charge in [0.05, 0.1) is 0 Å². The molecular formula is C12H10OS. The fourth-order valence-corrected chi connectivity index (χ4v) is 2.01. The molecule has 0 fully saturated rings. The predicted octanol–water partition coefficient (Wildman–Crippen LogP) is 3.62. The van der Waals surface area contributed by atoms with Crippen LogP contribution in [-0.4, -0.2) is 5.78 Å². The van der Waals surface area contributed by atoms with Crippen LogP contribution in [0.2, 0.25) is 0 Å². The average molecular weight is 202 g/mol. The van der Waals surface area contributed by atoms with E-state index < -0.39 is 0 Å². The van der Waals surface area contributed by atoms with Crippen LogP contribution in [0.4, 0.5) is 0 Å². The van der Waals surface area contributed by atoms with Gasteiger partial charge < -0.3 is 0 Å². The minimum absolute atomic E-state index is 0.113. The van der Waals surface area contributed by atoms with E-state index in [4.69, 9.17) is 0 Å². The van der Waals surface area contributed by atoms with Gasteiger partial charge in [0.25, 0.3) is 0 Å². The molecule has 0 spiro atoms. The quantitative estimate of drug-likeness (QED) is 0.680. The third-order valence-electron chi connectivity index (χ3n) is 2.12. The Morgan fingerprint density at radius 3 is 2.71 bits per heavy atom. The molecule has 0 N–H and O–H groups in total. The summed E-state index contributed by atoms with van der Waals surface area (Å²) in [5, 5.41) is 4.12. The minimum Gasteiger partial charge on any atom is -0.295 e. The second-order valence-electron chi connectivity index (χ2n) is 3.15. The van der Waals surface area contributed by atoms with Crippen molar-refractivity contribution in [1.29, 1.82) is 0 Å². The van der Waals surface area contributed by atoms with Gasteiger partial charge >= 0.3 is 0 Å². The molecule has 2 rings (SSSR count). The number of carbonyl (C=O) groups excluding carboxylic acids is 1. The fourth-order valence-electron chi connectivity index (χ4n) is 1.35. The zero-order valence-electron chi connectivity index (χ0n) is 7.86. The first kappa shape index (κ1) is 9.16. The van der Waals surface area contributed by atoms with Crippen molar-refractivity contribution in [2.45, 2.75) is 6.92 Å². The monoisotopic (exact) mass is 202 g/mol. The second-order valence-corrected chi connectivity index (χ2v) is 3.93. The highest BCUT2D eigenvalue weighted by Gasteiger charge is 2.02. The van der Waals surface area contributed by atoms with Gasteiger partial charge in [-0.3, -0.25) is 4.79 Å². The zero-order chi connectivity index (χ0) is 9.97. The van der Waals surface area contributed by atoms with Crippen molar-refractivity contribution in [3.63, 3.8) is 0 Å². The van der Waals surface area contributed by atoms with Crippen molar-refractivity contribution in [1.82, 2.24) is 0 Å². The first-order chi connectivity index (χ1) is 6.77. The number of benzene rings is 1. The molecule has 0 aliphatic rings. The Hall–Kier alpha value is -1.41. The van der Waals surface area contributed by atoms with E-state index >= 15 is 0 Å². The first-order valence-electron chi connectivity index (χ1n) is 4.41. The Balaban J connectivity index is 2.46. The normalized spacial score (nSPS) is 10.1. The molecule has 0 saturated carbocycles. The van der Waals surface area contributed by atoms with Gasteiger partial charge in [-0.05, 0) is 40.9 Å². The molecule has 1 nitrogen and oxygen atoms in total. The summed E-state index contributed by atoms with van der Waals surface area (Å²) in [6, 6.07) is 9.78. The summed E-state index contributed by atoms with van der Waals surface area (Å²) in [6.45, 7) is 1.59. The van der Waals surface area contributed by atoms with E-state index in [1.165, 1.54) is 5.56 Å². The van der Waals surface area contributed by atoms with Crippen molar-refractivity contribution >= 4 is 17.1 Å². The molecule has 0 atom stereocenters. The van der Waals surface area contributed by atoms with Crippen LogP contribution < -0.4 is 0 Å². The Labute approximate surface area is 87.0 Å². The Morgan fingerprint density at radius 2 is 2.07 bits per heavy atom. The number of hydrogen-bond donors (Lipinski definition) is 0. The smallest absolute Gasteiger partial charge is 0.159 e. The second kappa shape index (κ2) is 3.76. The van der Waals surface area contributed by atoms with E-state index in [1.807, 2.05) is 29.6 Å². The van der Waals surface area contributed by atoms with Crippen LogP contribution in [0.25, 0.3) is 11.1 Å². The van der Waals surface area contributed by atoms with E-state index in [1.54, 1.807) is 18.3 Å². The van der Waals surface area contributed by atoms with Gasteiger partial charge in [0.1, 0.15) is 0 Å². The van der Waals surface area contributed by atoms with Gasteiger partial charge in [-0.1, -0.05) is 18.2 Å². The summed E-state index contributed by atoms with van der Waals surface area (Å²) in [5.41, 5.74) is 3.06. The van der Waals surface area contributed by atoms with E-state index in [0.717, 1.165) is 11.1 Å². The molecule has 14 heavy (non-hydrogen) atoms. The summed E-state index contributed by atoms with van der Waals surface area (Å²) < 4.78 is 0. The third-order valence-corrected chi connectivity index (χ3v) is 2.81. The molecular weight excluding hydrogens is 192 g/mol. The molecule has 0 bridgehead atoms. The van der Waals surface area contributed by atoms with Crippen molar-refractivity contribution in [2.75, 3.05) is 0 Å². The molecule has 1 aromatic heterocycles. The number of rotatable bonds is 2. The van der Waals surface area contributed by atoms with Crippen LogP contribution in [-0.2, 0) is 0 Å². The lowest BCUT2D eigenvalue weighted by Crippen LogP contribution is -1.91. The first-order valence-corrected chi connectivity index (χ1v) is 5.35. The summed E-state index contributed by atoms with van der Waals surface area (Å²) >= 11 is 1.66. The molecule has 70 valence electrons. The lowest BCUT2D eigenvalue weighted by atomic mass is 10.0. The molecule has 1 heterocycles. The number of Topliss-reactive ketones (excluding diaryl/α,β-unsaturated/α-hetero) is 1. The van der Waals surface area contributed by atoms with Crippen LogP contribution in [0.1, 0.15) is 17.3 Å². The van der Waals surface area contributed by atoms with E-state index in [9.17, 15) is 4.79 Å². The summed E-state index contributed by atoms with van der Waals surface area (Å²) in [6.07, 6.45) is 0. The third kappa shape index (κ3) is 1.75. The highest BCUT2D eigenvalue weighted by atomic mass is 32.1. The number of ketones is 1. The molecule has 0 unspecified atom stereocenters. The van der Waals surface area contributed by atoms with E-state index in [0.29, 0.717) is 0 Å². The van der Waals surface area contributed by atoms with Gasteiger partial charge in [-0.15, -0.1) is 0 Å². The number of thiophene rings is 1. The largest absolute Gasteiger partial charge is 0.295 e. The molecule has 0 saturated heterocycles. The van der Waals surface area contributed by atoms with E-state index in [2.05, 4.69) is 11.4 Å². The number of carbonyl (C=O) groups is 1. The topological polar surface area (TPSA) is 17.1 Å². The van der Waals surface area contributed by atoms with Gasteiger partial charge in [0, 0.05) is 5.56 Å². The zero-order valence-corrected chi connectivity index (χ0v) is 8.67. The van der Waals surface area contributed by atoms with Gasteiger partial charge in [0.2, 0.25) is 0 Å². The average Bonchev–Trinajstić information content (AvgIpc) is 2.71. The maximum absolute atomic E-state index is 11.2. The lowest BCUT2D eigenvalue weighted by molar-refractivity contribution is 0.101. The SMILES string of the molecule is CC(=O)c1cccc(-c2ccsc2)c1. The minimum atomic E-state index is 0.113. The van der Waals surface area contributed by atoms with Gasteiger partial charge in [0.15, 0.2) is 5.78 Å². The summed E-state index contributed by atoms with van der Waals surface area (Å²) in [5.74, 6) is 0.113. The maximum Gasteiger partial charge on any atom is 0.159 e. The molecule has 1 aromatic carbocycles. The fraction of sp³-hybridized carbons (Fsp3) is 0.0833. The Kier molecular flexibility index (Phi) is 2.46. The van der Waals surface area contributed by atoms with E-state index in [-0.39, 0.29) is 5.78 Å². The molecule has 0 amide bonds.